The fraction of sp³-hybridized carbons (Fsp3) is 0.333. The van der Waals surface area contributed by atoms with Crippen LogP contribution in [-0.4, -0.2) is 36.1 Å². The van der Waals surface area contributed by atoms with E-state index in [1.807, 2.05) is 24.4 Å². The topological polar surface area (TPSA) is 41.1 Å². The van der Waals surface area contributed by atoms with Gasteiger partial charge < -0.3 is 10.2 Å². The van der Waals surface area contributed by atoms with Gasteiger partial charge in [0.25, 0.3) is 0 Å². The van der Waals surface area contributed by atoms with Crippen LogP contribution in [0.15, 0.2) is 36.5 Å². The Bertz CT molecular complexity index is 578. The molecule has 1 N–H and O–H groups in total. The normalized spacial score (nSPS) is 15.1. The van der Waals surface area contributed by atoms with Crippen molar-refractivity contribution in [1.82, 2.24) is 15.3 Å². The van der Waals surface area contributed by atoms with E-state index in [1.165, 1.54) is 5.56 Å². The highest BCUT2D eigenvalue weighted by Gasteiger charge is 2.22. The number of likely N-dealkylation sites (N-methyl/N-ethyl adjacent to an activating group) is 1. The van der Waals surface area contributed by atoms with Crippen molar-refractivity contribution in [2.45, 2.75) is 13.0 Å². The predicted molar refractivity (Wildman–Crippen MR) is 77.3 cm³/mol. The van der Waals surface area contributed by atoms with Gasteiger partial charge in [0.05, 0.1) is 6.04 Å². The van der Waals surface area contributed by atoms with Crippen LogP contribution in [-0.2, 0) is 0 Å². The minimum Gasteiger partial charge on any atom is -0.354 e. The summed E-state index contributed by atoms with van der Waals surface area (Å²) in [7, 11) is 2.09. The molecule has 98 valence electrons. The highest BCUT2D eigenvalue weighted by atomic mass is 15.3. The molecule has 4 heteroatoms. The third-order valence-electron chi connectivity index (χ3n) is 3.70. The number of aromatic nitrogens is 2. The fourth-order valence-corrected chi connectivity index (χ4v) is 2.23. The van der Waals surface area contributed by atoms with Crippen LogP contribution in [0.2, 0.25) is 0 Å². The Morgan fingerprint density at radius 1 is 1.21 bits per heavy atom. The van der Waals surface area contributed by atoms with Gasteiger partial charge in [-0.15, -0.1) is 0 Å². The molecule has 1 aliphatic rings. The quantitative estimate of drug-likeness (QED) is 0.907. The van der Waals surface area contributed by atoms with Gasteiger partial charge in [0.1, 0.15) is 5.82 Å². The Kier molecular flexibility index (Phi) is 3.17. The van der Waals surface area contributed by atoms with Crippen molar-refractivity contribution >= 4 is 5.82 Å². The number of hydrogen-bond donors (Lipinski definition) is 1. The first-order valence-corrected chi connectivity index (χ1v) is 6.58. The van der Waals surface area contributed by atoms with E-state index in [1.54, 1.807) is 0 Å². The lowest BCUT2D eigenvalue weighted by atomic mass is 10.1. The van der Waals surface area contributed by atoms with Gasteiger partial charge in [-0.1, -0.05) is 24.3 Å². The molecule has 2 heterocycles. The molecular weight excluding hydrogens is 236 g/mol. The zero-order chi connectivity index (χ0) is 13.2. The Hall–Kier alpha value is -1.94. The molecule has 0 spiro atoms. The number of rotatable bonds is 3. The summed E-state index contributed by atoms with van der Waals surface area (Å²) in [5.74, 6) is 1.79. The first kappa shape index (κ1) is 12.1. The Labute approximate surface area is 113 Å². The summed E-state index contributed by atoms with van der Waals surface area (Å²) in [5.41, 5.74) is 2.30. The van der Waals surface area contributed by atoms with Crippen molar-refractivity contribution in [2.75, 3.05) is 25.0 Å². The number of nitrogens with one attached hydrogen (secondary N) is 1. The van der Waals surface area contributed by atoms with Gasteiger partial charge in [0, 0.05) is 31.9 Å². The molecule has 4 nitrogen and oxygen atoms in total. The van der Waals surface area contributed by atoms with E-state index in [-0.39, 0.29) is 0 Å². The summed E-state index contributed by atoms with van der Waals surface area (Å²) in [6.45, 7) is 4.14. The summed E-state index contributed by atoms with van der Waals surface area (Å²) in [6.07, 6.45) is 1.84. The van der Waals surface area contributed by atoms with Gasteiger partial charge in [-0.05, 0) is 18.6 Å². The molecule has 0 aliphatic carbocycles. The van der Waals surface area contributed by atoms with E-state index in [0.717, 1.165) is 30.3 Å². The number of benzene rings is 1. The molecule has 1 aromatic heterocycles. The second-order valence-electron chi connectivity index (χ2n) is 4.98. The summed E-state index contributed by atoms with van der Waals surface area (Å²) in [5, 5.41) is 3.28. The van der Waals surface area contributed by atoms with Crippen molar-refractivity contribution in [3.05, 3.63) is 42.1 Å². The maximum atomic E-state index is 4.69. The number of nitrogens with zero attached hydrogens (tertiary/aromatic N) is 3. The minimum atomic E-state index is 0.541. The largest absolute Gasteiger partial charge is 0.354 e. The SMILES string of the molecule is Cc1ccccc1-c1nccc(N(C)C2CNC2)n1. The molecule has 0 atom stereocenters. The van der Waals surface area contributed by atoms with Crippen molar-refractivity contribution in [3.63, 3.8) is 0 Å². The molecule has 0 amide bonds. The van der Waals surface area contributed by atoms with Crippen molar-refractivity contribution in [2.24, 2.45) is 0 Å². The summed E-state index contributed by atoms with van der Waals surface area (Å²) < 4.78 is 0. The molecule has 19 heavy (non-hydrogen) atoms. The number of anilines is 1. The van der Waals surface area contributed by atoms with Crippen molar-refractivity contribution in [1.29, 1.82) is 0 Å². The van der Waals surface area contributed by atoms with E-state index < -0.39 is 0 Å². The number of aryl methyl sites for hydroxylation is 1. The van der Waals surface area contributed by atoms with Gasteiger partial charge in [-0.3, -0.25) is 0 Å². The standard InChI is InChI=1S/C15H18N4/c1-11-5-3-4-6-13(11)15-17-8-7-14(18-15)19(2)12-9-16-10-12/h3-8,12,16H,9-10H2,1-2H3. The first-order valence-electron chi connectivity index (χ1n) is 6.58. The Balaban J connectivity index is 1.93. The minimum absolute atomic E-state index is 0.541. The van der Waals surface area contributed by atoms with E-state index in [4.69, 9.17) is 4.98 Å². The lowest BCUT2D eigenvalue weighted by Crippen LogP contribution is -2.56. The summed E-state index contributed by atoms with van der Waals surface area (Å²) in [6, 6.07) is 10.7. The Morgan fingerprint density at radius 3 is 2.68 bits per heavy atom. The third kappa shape index (κ3) is 2.31. The average Bonchev–Trinajstić information content (AvgIpc) is 2.37. The van der Waals surface area contributed by atoms with Crippen LogP contribution >= 0.6 is 0 Å². The molecule has 0 radical (unpaired) electrons. The van der Waals surface area contributed by atoms with Gasteiger partial charge in [0.2, 0.25) is 0 Å². The van der Waals surface area contributed by atoms with E-state index in [9.17, 15) is 0 Å². The van der Waals surface area contributed by atoms with Crippen LogP contribution in [0.5, 0.6) is 0 Å². The third-order valence-corrected chi connectivity index (χ3v) is 3.70. The van der Waals surface area contributed by atoms with Crippen LogP contribution in [0.3, 0.4) is 0 Å². The zero-order valence-corrected chi connectivity index (χ0v) is 11.3. The van der Waals surface area contributed by atoms with Crippen LogP contribution < -0.4 is 10.2 Å². The molecule has 0 bridgehead atoms. The van der Waals surface area contributed by atoms with Crippen LogP contribution in [0, 0.1) is 6.92 Å². The van der Waals surface area contributed by atoms with Crippen molar-refractivity contribution < 1.29 is 0 Å². The van der Waals surface area contributed by atoms with Crippen LogP contribution in [0.25, 0.3) is 11.4 Å². The van der Waals surface area contributed by atoms with Crippen LogP contribution in [0.1, 0.15) is 5.56 Å². The molecular formula is C15H18N4. The van der Waals surface area contributed by atoms with Gasteiger partial charge in [0.15, 0.2) is 5.82 Å². The molecule has 1 aliphatic heterocycles. The van der Waals surface area contributed by atoms with E-state index >= 15 is 0 Å². The highest BCUT2D eigenvalue weighted by Crippen LogP contribution is 2.22. The lowest BCUT2D eigenvalue weighted by molar-refractivity contribution is 0.426. The molecule has 2 aromatic rings. The molecule has 1 fully saturated rings. The smallest absolute Gasteiger partial charge is 0.161 e. The summed E-state index contributed by atoms with van der Waals surface area (Å²) >= 11 is 0. The molecule has 1 saturated heterocycles. The molecule has 0 unspecified atom stereocenters. The Morgan fingerprint density at radius 2 is 2.00 bits per heavy atom. The lowest BCUT2D eigenvalue weighted by Gasteiger charge is -2.36. The van der Waals surface area contributed by atoms with Gasteiger partial charge in [-0.2, -0.15) is 0 Å². The highest BCUT2D eigenvalue weighted by molar-refractivity contribution is 5.61. The monoisotopic (exact) mass is 254 g/mol. The second-order valence-corrected chi connectivity index (χ2v) is 4.98. The maximum Gasteiger partial charge on any atom is 0.161 e. The predicted octanol–water partition coefficient (Wildman–Crippen LogP) is 1.86. The van der Waals surface area contributed by atoms with Crippen molar-refractivity contribution in [3.8, 4) is 11.4 Å². The molecule has 1 aromatic carbocycles. The average molecular weight is 254 g/mol. The molecule has 3 rings (SSSR count). The van der Waals surface area contributed by atoms with E-state index in [0.29, 0.717) is 6.04 Å². The number of hydrogen-bond acceptors (Lipinski definition) is 4. The van der Waals surface area contributed by atoms with Gasteiger partial charge >= 0.3 is 0 Å². The zero-order valence-electron chi connectivity index (χ0n) is 11.3. The fourth-order valence-electron chi connectivity index (χ4n) is 2.23. The van der Waals surface area contributed by atoms with Gasteiger partial charge in [-0.25, -0.2) is 9.97 Å². The summed E-state index contributed by atoms with van der Waals surface area (Å²) in [4.78, 5) is 11.3. The van der Waals surface area contributed by atoms with E-state index in [2.05, 4.69) is 41.3 Å². The molecule has 0 saturated carbocycles. The second kappa shape index (κ2) is 4.97. The van der Waals surface area contributed by atoms with Crippen LogP contribution in [0.4, 0.5) is 5.82 Å². The first-order chi connectivity index (χ1) is 9.25. The maximum absolute atomic E-state index is 4.69.